The number of β-amino-alcohol motifs (C(OH)–C–C–N with tert-alkyl or cyclic N) is 1. The molecular weight excluding hydrogens is 337 g/mol. The summed E-state index contributed by atoms with van der Waals surface area (Å²) < 4.78 is 40.4. The van der Waals surface area contributed by atoms with Crippen LogP contribution in [0.4, 0.5) is 13.2 Å². The summed E-state index contributed by atoms with van der Waals surface area (Å²) in [7, 11) is 0. The van der Waals surface area contributed by atoms with Crippen LogP contribution in [0.25, 0.3) is 0 Å². The Morgan fingerprint density at radius 2 is 1.80 bits per heavy atom. The number of carbonyl (C=O) groups excluding carboxylic acids is 1. The number of ether oxygens (including phenoxy) is 1. The van der Waals surface area contributed by atoms with Gasteiger partial charge >= 0.3 is 6.36 Å². The molecule has 1 amide bonds. The molecule has 5 nitrogen and oxygen atoms in total. The van der Waals surface area contributed by atoms with Crippen molar-refractivity contribution in [1.82, 2.24) is 9.80 Å². The smallest absolute Gasteiger partial charge is 0.406 e. The minimum absolute atomic E-state index is 0.0721. The van der Waals surface area contributed by atoms with Gasteiger partial charge in [-0.2, -0.15) is 0 Å². The molecule has 1 heterocycles. The molecule has 1 saturated carbocycles. The van der Waals surface area contributed by atoms with E-state index in [0.717, 1.165) is 25.1 Å². The molecule has 0 unspecified atom stereocenters. The average molecular weight is 358 g/mol. The Morgan fingerprint density at radius 1 is 1.16 bits per heavy atom. The van der Waals surface area contributed by atoms with Gasteiger partial charge in [0, 0.05) is 38.6 Å². The highest BCUT2D eigenvalue weighted by Gasteiger charge is 2.46. The van der Waals surface area contributed by atoms with Crippen LogP contribution in [0.3, 0.4) is 0 Å². The number of aliphatic hydroxyl groups excluding tert-OH is 1. The van der Waals surface area contributed by atoms with Crippen LogP contribution >= 0.6 is 0 Å². The Morgan fingerprint density at radius 3 is 2.36 bits per heavy atom. The highest BCUT2D eigenvalue weighted by molar-refractivity contribution is 5.83. The summed E-state index contributed by atoms with van der Waals surface area (Å²) in [5, 5.41) is 8.94. The van der Waals surface area contributed by atoms with Gasteiger partial charge in [-0.3, -0.25) is 9.69 Å². The second-order valence-corrected chi connectivity index (χ2v) is 6.46. The van der Waals surface area contributed by atoms with Gasteiger partial charge in [0.15, 0.2) is 0 Å². The lowest BCUT2D eigenvalue weighted by molar-refractivity contribution is -0.274. The van der Waals surface area contributed by atoms with Crippen molar-refractivity contribution in [2.24, 2.45) is 5.92 Å². The van der Waals surface area contributed by atoms with Crippen LogP contribution in [-0.4, -0.2) is 66.5 Å². The Balaban J connectivity index is 1.51. The van der Waals surface area contributed by atoms with E-state index in [1.165, 1.54) is 12.1 Å². The Bertz CT molecular complexity index is 598. The highest BCUT2D eigenvalue weighted by atomic mass is 19.4. The third kappa shape index (κ3) is 4.64. The first kappa shape index (κ1) is 18.0. The summed E-state index contributed by atoms with van der Waals surface area (Å²) in [4.78, 5) is 16.5. The average Bonchev–Trinajstić information content (AvgIpc) is 3.35. The first-order valence-corrected chi connectivity index (χ1v) is 8.35. The van der Waals surface area contributed by atoms with Crippen LogP contribution in [0.15, 0.2) is 24.3 Å². The van der Waals surface area contributed by atoms with Crippen LogP contribution < -0.4 is 4.74 Å². The van der Waals surface area contributed by atoms with Crippen LogP contribution in [0.2, 0.25) is 0 Å². The highest BCUT2D eigenvalue weighted by Crippen LogP contribution is 2.48. The van der Waals surface area contributed by atoms with Gasteiger partial charge in [-0.05, 0) is 30.0 Å². The van der Waals surface area contributed by atoms with Crippen molar-refractivity contribution in [3.05, 3.63) is 29.8 Å². The predicted molar refractivity (Wildman–Crippen MR) is 84.1 cm³/mol. The van der Waals surface area contributed by atoms with Crippen LogP contribution in [0.5, 0.6) is 5.75 Å². The molecule has 1 aromatic rings. The molecule has 3 rings (SSSR count). The van der Waals surface area contributed by atoms with Crippen molar-refractivity contribution in [1.29, 1.82) is 0 Å². The maximum Gasteiger partial charge on any atom is 0.573 e. The maximum absolute atomic E-state index is 12.5. The monoisotopic (exact) mass is 358 g/mol. The predicted octanol–water partition coefficient (Wildman–Crippen LogP) is 1.83. The number of rotatable bonds is 5. The number of hydrogen-bond donors (Lipinski definition) is 1. The molecule has 1 N–H and O–H groups in total. The zero-order valence-electron chi connectivity index (χ0n) is 13.7. The summed E-state index contributed by atoms with van der Waals surface area (Å²) in [6, 6.07) is 5.77. The molecule has 1 aromatic carbocycles. The molecule has 2 fully saturated rings. The van der Waals surface area contributed by atoms with Gasteiger partial charge in [0.05, 0.1) is 6.61 Å². The van der Waals surface area contributed by atoms with E-state index in [9.17, 15) is 18.0 Å². The molecule has 2 aliphatic rings. The van der Waals surface area contributed by atoms with Crippen molar-refractivity contribution in [3.8, 4) is 5.75 Å². The van der Waals surface area contributed by atoms with Gasteiger partial charge in [0.2, 0.25) is 5.91 Å². The molecule has 138 valence electrons. The number of piperazine rings is 1. The molecule has 1 saturated heterocycles. The van der Waals surface area contributed by atoms with Crippen molar-refractivity contribution in [2.45, 2.75) is 18.7 Å². The lowest BCUT2D eigenvalue weighted by Gasteiger charge is -2.34. The van der Waals surface area contributed by atoms with E-state index in [1.54, 1.807) is 12.1 Å². The quantitative estimate of drug-likeness (QED) is 0.873. The van der Waals surface area contributed by atoms with Crippen molar-refractivity contribution in [3.63, 3.8) is 0 Å². The molecular formula is C17H21F3N2O3. The number of halogens is 3. The summed E-state index contributed by atoms with van der Waals surface area (Å²) in [6.07, 6.45) is -3.97. The van der Waals surface area contributed by atoms with Gasteiger partial charge < -0.3 is 14.7 Å². The van der Waals surface area contributed by atoms with Gasteiger partial charge in [-0.15, -0.1) is 13.2 Å². The molecule has 0 radical (unpaired) electrons. The number of hydrogen-bond acceptors (Lipinski definition) is 4. The SMILES string of the molecule is O=C([C@@H]1C[C@H]1c1ccc(OC(F)(F)F)cc1)N1CCN(CCO)CC1. The second-order valence-electron chi connectivity index (χ2n) is 6.46. The molecule has 2 atom stereocenters. The van der Waals surface area contributed by atoms with Gasteiger partial charge in [-0.25, -0.2) is 0 Å². The summed E-state index contributed by atoms with van der Waals surface area (Å²) in [5.74, 6) is -0.147. The lowest BCUT2D eigenvalue weighted by atomic mass is 10.1. The van der Waals surface area contributed by atoms with E-state index in [1.807, 2.05) is 4.90 Å². The topological polar surface area (TPSA) is 53.0 Å². The fourth-order valence-corrected chi connectivity index (χ4v) is 3.32. The molecule has 8 heteroatoms. The fourth-order valence-electron chi connectivity index (χ4n) is 3.32. The Labute approximate surface area is 144 Å². The van der Waals surface area contributed by atoms with E-state index in [4.69, 9.17) is 5.11 Å². The van der Waals surface area contributed by atoms with Gasteiger partial charge in [0.25, 0.3) is 0 Å². The normalized spacial score (nSPS) is 24.2. The van der Waals surface area contributed by atoms with Crippen molar-refractivity contribution in [2.75, 3.05) is 39.3 Å². The third-order valence-electron chi connectivity index (χ3n) is 4.75. The Hall–Kier alpha value is -1.80. The lowest BCUT2D eigenvalue weighted by Crippen LogP contribution is -2.49. The fraction of sp³-hybridized carbons (Fsp3) is 0.588. The van der Waals surface area contributed by atoms with E-state index < -0.39 is 6.36 Å². The van der Waals surface area contributed by atoms with Gasteiger partial charge in [-0.1, -0.05) is 12.1 Å². The number of alkyl halides is 3. The summed E-state index contributed by atoms with van der Waals surface area (Å²) in [6.45, 7) is 3.56. The minimum atomic E-state index is -4.70. The number of nitrogens with zero attached hydrogens (tertiary/aromatic N) is 2. The molecule has 1 aliphatic heterocycles. The first-order valence-electron chi connectivity index (χ1n) is 8.35. The standard InChI is InChI=1S/C17H21F3N2O3/c18-17(19,20)25-13-3-1-12(2-4-13)14-11-15(14)16(24)22-7-5-21(6-8-22)9-10-23/h1-4,14-15,23H,5-11H2/t14-,15+/m0/s1. The minimum Gasteiger partial charge on any atom is -0.406 e. The molecule has 0 spiro atoms. The number of aliphatic hydroxyl groups is 1. The Kier molecular flexibility index (Phi) is 5.19. The van der Waals surface area contributed by atoms with Gasteiger partial charge in [0.1, 0.15) is 5.75 Å². The van der Waals surface area contributed by atoms with E-state index in [0.29, 0.717) is 19.6 Å². The van der Waals surface area contributed by atoms with E-state index in [2.05, 4.69) is 9.64 Å². The molecule has 1 aliphatic carbocycles. The molecule has 25 heavy (non-hydrogen) atoms. The van der Waals surface area contributed by atoms with E-state index >= 15 is 0 Å². The van der Waals surface area contributed by atoms with Crippen LogP contribution in [0.1, 0.15) is 17.9 Å². The first-order chi connectivity index (χ1) is 11.9. The zero-order chi connectivity index (χ0) is 18.0. The third-order valence-corrected chi connectivity index (χ3v) is 4.75. The van der Waals surface area contributed by atoms with E-state index in [-0.39, 0.29) is 30.1 Å². The second kappa shape index (κ2) is 7.21. The van der Waals surface area contributed by atoms with Crippen LogP contribution in [0, 0.1) is 5.92 Å². The number of carbonyl (C=O) groups is 1. The summed E-state index contributed by atoms with van der Waals surface area (Å²) in [5.41, 5.74) is 0.867. The molecule has 0 aromatic heterocycles. The summed E-state index contributed by atoms with van der Waals surface area (Å²) >= 11 is 0. The van der Waals surface area contributed by atoms with Crippen LogP contribution in [-0.2, 0) is 4.79 Å². The number of benzene rings is 1. The number of amides is 1. The largest absolute Gasteiger partial charge is 0.573 e. The molecule has 0 bridgehead atoms. The van der Waals surface area contributed by atoms with Crippen molar-refractivity contribution < 1.29 is 27.8 Å². The van der Waals surface area contributed by atoms with Crippen molar-refractivity contribution >= 4 is 5.91 Å². The maximum atomic E-state index is 12.5. The zero-order valence-corrected chi connectivity index (χ0v) is 13.7.